The van der Waals surface area contributed by atoms with Gasteiger partial charge in [-0.05, 0) is 111 Å². The number of aryl methyl sites for hydroxylation is 1. The smallest absolute Gasteiger partial charge is 0.343 e. The average Bonchev–Trinajstić information content (AvgIpc) is 1.45. The minimum absolute atomic E-state index is 0.0224. The average molecular weight is 1410 g/mol. The second-order valence-corrected chi connectivity index (χ2v) is 28.6. The van der Waals surface area contributed by atoms with Crippen molar-refractivity contribution in [1.82, 2.24) is 60.5 Å². The van der Waals surface area contributed by atoms with E-state index in [1.807, 2.05) is 27.7 Å². The molecule has 3 fully saturated rings. The standard InChI is InChI=1S/C71H106ClF3N12O12/c1-15-45(6)62-70(99)82(10)41-60(90)80(8)42-61(91)84(12)56(38-49-25-30-51(72)31-26-49)68(97)81(9)40-58(88)76-52(32-27-47-23-28-50(29-24-47)71(73,74)75)64(93)77-53(35-43(2)3)66(95)86(14)57(37-48-21-17-16-18-22-48)69(98)85(13)55(36-44(4)5)65(94)78-54(67(96)87-33-19-20-34-87)39-59(89)83(11)46(7)63(92)79-62/h23-26,28-31,43-46,48,52-57,62H,15-22,27,32-42H2,1-14H3,(H,76,88)(H,77,93)(H,78,94)(H,79,92)/t45-,46-,52-,53-,54-,55-,56-,57-,62-/m0/s1. The van der Waals surface area contributed by atoms with Gasteiger partial charge < -0.3 is 60.5 Å². The summed E-state index contributed by atoms with van der Waals surface area (Å²) >= 11 is 6.22. The summed E-state index contributed by atoms with van der Waals surface area (Å²) < 4.78 is 41.1. The van der Waals surface area contributed by atoms with Gasteiger partial charge in [0.2, 0.25) is 70.9 Å². The molecule has 99 heavy (non-hydrogen) atoms. The quantitative estimate of drug-likeness (QED) is 0.187. The normalized spacial score (nSPS) is 24.7. The van der Waals surface area contributed by atoms with E-state index in [-0.39, 0.29) is 56.3 Å². The van der Waals surface area contributed by atoms with Gasteiger partial charge in [-0.15, -0.1) is 0 Å². The summed E-state index contributed by atoms with van der Waals surface area (Å²) in [5.41, 5.74) is 0.0149. The lowest BCUT2D eigenvalue weighted by atomic mass is 9.84. The van der Waals surface area contributed by atoms with E-state index in [0.717, 1.165) is 68.7 Å². The van der Waals surface area contributed by atoms with Crippen molar-refractivity contribution in [1.29, 1.82) is 0 Å². The maximum Gasteiger partial charge on any atom is 0.416 e. The van der Waals surface area contributed by atoms with Crippen LogP contribution in [0.15, 0.2) is 48.5 Å². The van der Waals surface area contributed by atoms with E-state index >= 15 is 14.4 Å². The SMILES string of the molecule is CC[C@H](C)[C@@H]1NC(=O)[C@H](C)N(C)C(=O)C[C@@H](C(=O)N2CCCC2)NC(=O)[C@H](CC(C)C)N(C)C(=O)[C@H](CC2CCCCC2)N(C)C(=O)[C@H](CC(C)C)NC(=O)[C@H](CCc2ccc(C(F)(F)F)cc2)NC(=O)CN(C)C(=O)[C@H](Cc2ccc(Cl)cc2)N(C)C(=O)CN(C)C(=O)CN(C)C1=O. The fourth-order valence-electron chi connectivity index (χ4n) is 12.8. The lowest BCUT2D eigenvalue weighted by Gasteiger charge is -2.38. The summed E-state index contributed by atoms with van der Waals surface area (Å²) in [4.78, 5) is 185. The lowest BCUT2D eigenvalue weighted by molar-refractivity contribution is -0.151. The number of alkyl halides is 3. The number of amides is 12. The third kappa shape index (κ3) is 23.6. The van der Waals surface area contributed by atoms with Gasteiger partial charge in [0, 0.05) is 73.9 Å². The second-order valence-electron chi connectivity index (χ2n) is 28.2. The second kappa shape index (κ2) is 37.5. The molecule has 12 amide bonds. The van der Waals surface area contributed by atoms with Gasteiger partial charge in [0.1, 0.15) is 48.3 Å². The van der Waals surface area contributed by atoms with Crippen LogP contribution in [0.4, 0.5) is 13.2 Å². The number of benzene rings is 2. The van der Waals surface area contributed by atoms with Crippen molar-refractivity contribution in [2.45, 2.75) is 199 Å². The van der Waals surface area contributed by atoms with Gasteiger partial charge in [-0.2, -0.15) is 13.2 Å². The summed E-state index contributed by atoms with van der Waals surface area (Å²) in [6.07, 6.45) is 0.559. The van der Waals surface area contributed by atoms with Crippen molar-refractivity contribution in [2.75, 3.05) is 82.1 Å². The molecule has 2 aliphatic heterocycles. The molecule has 28 heteroatoms. The van der Waals surface area contributed by atoms with Crippen LogP contribution in [0.1, 0.15) is 149 Å². The number of nitrogens with zero attached hydrogens (tertiary/aromatic N) is 8. The Bertz CT molecular complexity index is 3150. The molecule has 24 nitrogen and oxygen atoms in total. The summed E-state index contributed by atoms with van der Waals surface area (Å²) in [5.74, 6) is -9.70. The molecule has 0 spiro atoms. The Morgan fingerprint density at radius 3 is 1.70 bits per heavy atom. The number of nitrogens with one attached hydrogen (secondary N) is 4. The first kappa shape index (κ1) is 81.8. The van der Waals surface area contributed by atoms with Gasteiger partial charge in [-0.3, -0.25) is 57.5 Å². The van der Waals surface area contributed by atoms with Crippen molar-refractivity contribution < 1.29 is 70.7 Å². The lowest BCUT2D eigenvalue weighted by Crippen LogP contribution is -2.60. The molecule has 0 aromatic heterocycles. The zero-order valence-electron chi connectivity index (χ0n) is 60.2. The van der Waals surface area contributed by atoms with Gasteiger partial charge in [0.25, 0.3) is 0 Å². The minimum atomic E-state index is -4.64. The molecule has 1 saturated carbocycles. The zero-order chi connectivity index (χ0) is 73.9. The number of likely N-dealkylation sites (tertiary alicyclic amines) is 1. The van der Waals surface area contributed by atoms with E-state index in [4.69, 9.17) is 11.6 Å². The van der Waals surface area contributed by atoms with Gasteiger partial charge in [0.05, 0.1) is 31.6 Å². The number of carbonyl (C=O) groups excluding carboxylic acids is 12. The Labute approximate surface area is 586 Å². The van der Waals surface area contributed by atoms with Crippen molar-refractivity contribution in [3.05, 3.63) is 70.2 Å². The molecule has 3 aliphatic rings. The van der Waals surface area contributed by atoms with Crippen molar-refractivity contribution >= 4 is 82.5 Å². The highest BCUT2D eigenvalue weighted by Crippen LogP contribution is 2.32. The van der Waals surface area contributed by atoms with E-state index in [0.29, 0.717) is 48.5 Å². The van der Waals surface area contributed by atoms with E-state index < -0.39 is 163 Å². The topological polar surface area (TPSA) is 279 Å². The maximum atomic E-state index is 15.5. The van der Waals surface area contributed by atoms with Crippen LogP contribution in [0, 0.1) is 23.7 Å². The molecule has 2 heterocycles. The van der Waals surface area contributed by atoms with E-state index in [1.165, 1.54) is 78.2 Å². The van der Waals surface area contributed by atoms with Crippen LogP contribution in [-0.4, -0.2) is 240 Å². The van der Waals surface area contributed by atoms with E-state index in [2.05, 4.69) is 21.3 Å². The summed E-state index contributed by atoms with van der Waals surface area (Å²) in [7, 11) is 9.57. The van der Waals surface area contributed by atoms with Crippen LogP contribution >= 0.6 is 11.6 Å². The molecular formula is C71H106ClF3N12O12. The Kier molecular flexibility index (Phi) is 31.0. The largest absolute Gasteiger partial charge is 0.416 e. The fourth-order valence-corrected chi connectivity index (χ4v) is 12.9. The molecule has 550 valence electrons. The Morgan fingerprint density at radius 2 is 1.12 bits per heavy atom. The first-order valence-corrected chi connectivity index (χ1v) is 35.0. The molecule has 2 aromatic rings. The number of likely N-dealkylation sites (N-methyl/N-ethyl adjacent to an activating group) is 7. The predicted octanol–water partition coefficient (Wildman–Crippen LogP) is 5.31. The summed E-state index contributed by atoms with van der Waals surface area (Å²) in [6, 6.07) is 0.142. The zero-order valence-corrected chi connectivity index (χ0v) is 60.9. The molecule has 1 aliphatic carbocycles. The van der Waals surface area contributed by atoms with Gasteiger partial charge in [-0.25, -0.2) is 0 Å². The number of hydrogen-bond acceptors (Lipinski definition) is 12. The molecule has 2 saturated heterocycles. The Balaban J connectivity index is 1.63. The Hall–Kier alpha value is -7.84. The van der Waals surface area contributed by atoms with Crippen molar-refractivity contribution in [3.8, 4) is 0 Å². The third-order valence-electron chi connectivity index (χ3n) is 19.5. The van der Waals surface area contributed by atoms with E-state index in [1.54, 1.807) is 43.0 Å². The fraction of sp³-hybridized carbons (Fsp3) is 0.662. The Morgan fingerprint density at radius 1 is 0.556 bits per heavy atom. The van der Waals surface area contributed by atoms with Crippen LogP contribution in [0.2, 0.25) is 5.02 Å². The van der Waals surface area contributed by atoms with Gasteiger partial charge in [0.15, 0.2) is 0 Å². The van der Waals surface area contributed by atoms with Gasteiger partial charge >= 0.3 is 6.18 Å². The first-order chi connectivity index (χ1) is 46.4. The first-order valence-electron chi connectivity index (χ1n) is 34.6. The molecule has 2 aromatic carbocycles. The van der Waals surface area contributed by atoms with Crippen molar-refractivity contribution in [2.24, 2.45) is 23.7 Å². The monoisotopic (exact) mass is 1410 g/mol. The summed E-state index contributed by atoms with van der Waals surface area (Å²) in [5, 5.41) is 11.5. The molecule has 5 rings (SSSR count). The molecule has 9 atom stereocenters. The number of rotatable bonds is 14. The number of hydrogen-bond donors (Lipinski definition) is 4. The molecule has 4 N–H and O–H groups in total. The van der Waals surface area contributed by atoms with Gasteiger partial charge in [-0.1, -0.05) is 116 Å². The number of halogens is 4. The van der Waals surface area contributed by atoms with Crippen molar-refractivity contribution in [3.63, 3.8) is 0 Å². The van der Waals surface area contributed by atoms with Crippen LogP contribution in [0.3, 0.4) is 0 Å². The predicted molar refractivity (Wildman–Crippen MR) is 367 cm³/mol. The highest BCUT2D eigenvalue weighted by Gasteiger charge is 2.43. The summed E-state index contributed by atoms with van der Waals surface area (Å²) in [6.45, 7) is 11.1. The molecular weight excluding hydrogens is 1310 g/mol. The minimum Gasteiger partial charge on any atom is -0.343 e. The van der Waals surface area contributed by atoms with Crippen LogP contribution in [0.5, 0.6) is 0 Å². The van der Waals surface area contributed by atoms with Crippen LogP contribution < -0.4 is 21.3 Å². The molecule has 0 radical (unpaired) electrons. The molecule has 0 bridgehead atoms. The maximum absolute atomic E-state index is 15.5. The highest BCUT2D eigenvalue weighted by molar-refractivity contribution is 6.30. The van der Waals surface area contributed by atoms with Crippen LogP contribution in [0.25, 0.3) is 0 Å². The highest BCUT2D eigenvalue weighted by atomic mass is 35.5. The third-order valence-corrected chi connectivity index (χ3v) is 19.8. The number of carbonyl (C=O) groups is 12. The van der Waals surface area contributed by atoms with E-state index in [9.17, 15) is 56.3 Å². The molecule has 0 unspecified atom stereocenters. The van der Waals surface area contributed by atoms with Crippen LogP contribution in [-0.2, 0) is 76.6 Å².